The normalized spacial score (nSPS) is 11.1. The van der Waals surface area contributed by atoms with Crippen LogP contribution in [-0.4, -0.2) is 26.6 Å². The first kappa shape index (κ1) is 17.3. The van der Waals surface area contributed by atoms with E-state index in [4.69, 9.17) is 4.74 Å². The molecule has 5 heteroatoms. The molecule has 0 bridgehead atoms. The molecule has 0 atom stereocenters. The number of hydrogen-bond donors (Lipinski definition) is 1. The van der Waals surface area contributed by atoms with Crippen molar-refractivity contribution in [2.24, 2.45) is 0 Å². The van der Waals surface area contributed by atoms with E-state index in [1.165, 1.54) is 5.56 Å². The van der Waals surface area contributed by atoms with E-state index < -0.39 is 0 Å². The van der Waals surface area contributed by atoms with Crippen molar-refractivity contribution >= 4 is 11.0 Å². The Kier molecular flexibility index (Phi) is 4.33. The van der Waals surface area contributed by atoms with Crippen LogP contribution in [0.2, 0.25) is 0 Å². The average molecular weight is 380 g/mol. The summed E-state index contributed by atoms with van der Waals surface area (Å²) in [5.74, 6) is 1.60. The summed E-state index contributed by atoms with van der Waals surface area (Å²) in [5.41, 5.74) is 6.62. The molecule has 0 amide bonds. The number of para-hydroxylation sites is 2. The smallest absolute Gasteiger partial charge is 0.141 e. The van der Waals surface area contributed by atoms with E-state index >= 15 is 0 Å². The van der Waals surface area contributed by atoms with Crippen LogP contribution in [0.25, 0.3) is 33.5 Å². The molecule has 0 aliphatic heterocycles. The molecule has 5 rings (SSSR count). The van der Waals surface area contributed by atoms with Crippen molar-refractivity contribution in [1.29, 1.82) is 0 Å². The largest absolute Gasteiger partial charge is 0.496 e. The number of imidazole rings is 2. The molecule has 3 aromatic carbocycles. The van der Waals surface area contributed by atoms with Gasteiger partial charge >= 0.3 is 0 Å². The lowest BCUT2D eigenvalue weighted by Crippen LogP contribution is -1.97. The van der Waals surface area contributed by atoms with Crippen LogP contribution in [0.3, 0.4) is 0 Å². The van der Waals surface area contributed by atoms with Gasteiger partial charge in [0, 0.05) is 18.9 Å². The number of aromatic amines is 1. The summed E-state index contributed by atoms with van der Waals surface area (Å²) in [6.45, 7) is 0.793. The zero-order chi connectivity index (χ0) is 19.6. The number of fused-ring (bicyclic) bond motifs is 1. The van der Waals surface area contributed by atoms with Crippen LogP contribution in [0.4, 0.5) is 0 Å². The highest BCUT2D eigenvalue weighted by Gasteiger charge is 2.10. The van der Waals surface area contributed by atoms with Gasteiger partial charge in [-0.25, -0.2) is 9.97 Å². The van der Waals surface area contributed by atoms with Gasteiger partial charge in [-0.3, -0.25) is 0 Å². The Bertz CT molecular complexity index is 1250. The third-order valence-corrected chi connectivity index (χ3v) is 5.12. The molecule has 0 fully saturated rings. The van der Waals surface area contributed by atoms with E-state index in [0.29, 0.717) is 0 Å². The number of nitrogens with zero attached hydrogens (tertiary/aromatic N) is 3. The fourth-order valence-electron chi connectivity index (χ4n) is 3.62. The molecule has 0 spiro atoms. The maximum absolute atomic E-state index is 5.50. The van der Waals surface area contributed by atoms with E-state index in [1.807, 2.05) is 36.8 Å². The van der Waals surface area contributed by atoms with E-state index in [9.17, 15) is 0 Å². The minimum atomic E-state index is 0.793. The number of ether oxygens (including phenoxy) is 1. The first-order valence-electron chi connectivity index (χ1n) is 9.49. The van der Waals surface area contributed by atoms with Gasteiger partial charge in [0.25, 0.3) is 0 Å². The van der Waals surface area contributed by atoms with Crippen molar-refractivity contribution in [2.75, 3.05) is 7.11 Å². The first-order valence-corrected chi connectivity index (χ1v) is 9.49. The summed E-state index contributed by atoms with van der Waals surface area (Å²) in [7, 11) is 1.68. The van der Waals surface area contributed by atoms with E-state index in [-0.39, 0.29) is 0 Å². The molecule has 0 saturated heterocycles. The zero-order valence-electron chi connectivity index (χ0n) is 16.0. The number of aromatic nitrogens is 4. The van der Waals surface area contributed by atoms with E-state index in [0.717, 1.165) is 45.8 Å². The van der Waals surface area contributed by atoms with Gasteiger partial charge < -0.3 is 14.3 Å². The molecular formula is C24H20N4O. The second-order valence-electron chi connectivity index (χ2n) is 6.91. The average Bonchev–Trinajstić information content (AvgIpc) is 3.45. The van der Waals surface area contributed by atoms with Crippen LogP contribution in [0, 0.1) is 0 Å². The van der Waals surface area contributed by atoms with Gasteiger partial charge in [0.2, 0.25) is 0 Å². The van der Waals surface area contributed by atoms with Crippen molar-refractivity contribution < 1.29 is 4.74 Å². The molecule has 142 valence electrons. The van der Waals surface area contributed by atoms with Crippen molar-refractivity contribution in [1.82, 2.24) is 19.5 Å². The predicted molar refractivity (Wildman–Crippen MR) is 115 cm³/mol. The lowest BCUT2D eigenvalue weighted by atomic mass is 10.0. The Hall–Kier alpha value is -3.86. The summed E-state index contributed by atoms with van der Waals surface area (Å²) in [6, 6.07) is 23.0. The van der Waals surface area contributed by atoms with Crippen molar-refractivity contribution in [3.63, 3.8) is 0 Å². The quantitative estimate of drug-likeness (QED) is 0.459. The maximum atomic E-state index is 5.50. The van der Waals surface area contributed by atoms with Crippen LogP contribution < -0.4 is 4.74 Å². The summed E-state index contributed by atoms with van der Waals surface area (Å²) in [6.07, 6.45) is 5.46. The number of benzene rings is 3. The first-order chi connectivity index (χ1) is 14.3. The van der Waals surface area contributed by atoms with Crippen LogP contribution in [0.1, 0.15) is 5.56 Å². The third kappa shape index (κ3) is 3.27. The molecule has 5 aromatic rings. The Morgan fingerprint density at radius 3 is 2.55 bits per heavy atom. The number of rotatable bonds is 5. The van der Waals surface area contributed by atoms with Crippen molar-refractivity contribution in [3.8, 4) is 28.3 Å². The number of methoxy groups -OCH3 is 1. The summed E-state index contributed by atoms with van der Waals surface area (Å²) in [5, 5.41) is 0. The van der Waals surface area contributed by atoms with Gasteiger partial charge in [-0.15, -0.1) is 0 Å². The highest BCUT2D eigenvalue weighted by atomic mass is 16.5. The maximum Gasteiger partial charge on any atom is 0.141 e. The minimum absolute atomic E-state index is 0.793. The molecule has 0 saturated carbocycles. The van der Waals surface area contributed by atoms with Crippen LogP contribution in [-0.2, 0) is 6.54 Å². The number of hydrogen-bond acceptors (Lipinski definition) is 3. The molecule has 1 N–H and O–H groups in total. The molecule has 5 nitrogen and oxygen atoms in total. The molecule has 2 heterocycles. The fraction of sp³-hybridized carbons (Fsp3) is 0.0833. The van der Waals surface area contributed by atoms with Gasteiger partial charge in [0.15, 0.2) is 0 Å². The van der Waals surface area contributed by atoms with Gasteiger partial charge in [-0.1, -0.05) is 42.5 Å². The lowest BCUT2D eigenvalue weighted by Gasteiger charge is -2.10. The van der Waals surface area contributed by atoms with Gasteiger partial charge in [-0.2, -0.15) is 0 Å². The minimum Gasteiger partial charge on any atom is -0.496 e. The third-order valence-electron chi connectivity index (χ3n) is 5.12. The van der Waals surface area contributed by atoms with Crippen molar-refractivity contribution in [2.45, 2.75) is 6.54 Å². The lowest BCUT2D eigenvalue weighted by molar-refractivity contribution is 0.416. The van der Waals surface area contributed by atoms with Crippen molar-refractivity contribution in [3.05, 3.63) is 91.0 Å². The second-order valence-corrected chi connectivity index (χ2v) is 6.91. The second kappa shape index (κ2) is 7.28. The Morgan fingerprint density at radius 2 is 1.76 bits per heavy atom. The summed E-state index contributed by atoms with van der Waals surface area (Å²) >= 11 is 0. The van der Waals surface area contributed by atoms with Gasteiger partial charge in [0.1, 0.15) is 11.6 Å². The van der Waals surface area contributed by atoms with Gasteiger partial charge in [0.05, 0.1) is 30.0 Å². The Labute approximate surface area is 168 Å². The molecule has 0 aliphatic carbocycles. The molecule has 29 heavy (non-hydrogen) atoms. The molecule has 0 radical (unpaired) electrons. The standard InChI is InChI=1S/C24H20N4O/c1-29-23-11-10-19(14-20(23)24-25-12-13-26-24)18-8-6-17(7-9-18)15-28-16-27-21-4-2-3-5-22(21)28/h2-14,16H,15H2,1H3,(H,25,26). The topological polar surface area (TPSA) is 55.7 Å². The molecule has 0 unspecified atom stereocenters. The monoisotopic (exact) mass is 380 g/mol. The zero-order valence-corrected chi connectivity index (χ0v) is 16.0. The van der Waals surface area contributed by atoms with E-state index in [1.54, 1.807) is 13.3 Å². The van der Waals surface area contributed by atoms with Crippen LogP contribution >= 0.6 is 0 Å². The molecular weight excluding hydrogens is 360 g/mol. The molecule has 2 aromatic heterocycles. The predicted octanol–water partition coefficient (Wildman–Crippen LogP) is 5.15. The Balaban J connectivity index is 1.44. The van der Waals surface area contributed by atoms with E-state index in [2.05, 4.69) is 62.0 Å². The van der Waals surface area contributed by atoms with Gasteiger partial charge in [-0.05, 0) is 41.0 Å². The number of H-pyrrole nitrogens is 1. The SMILES string of the molecule is COc1ccc(-c2ccc(Cn3cnc4ccccc43)cc2)cc1-c1ncc[nH]1. The summed E-state index contributed by atoms with van der Waals surface area (Å²) < 4.78 is 7.68. The van der Waals surface area contributed by atoms with Crippen LogP contribution in [0.15, 0.2) is 85.5 Å². The highest BCUT2D eigenvalue weighted by Crippen LogP contribution is 2.32. The fourth-order valence-corrected chi connectivity index (χ4v) is 3.62. The van der Waals surface area contributed by atoms with Crippen LogP contribution in [0.5, 0.6) is 5.75 Å². The Morgan fingerprint density at radius 1 is 0.931 bits per heavy atom. The number of nitrogens with one attached hydrogen (secondary N) is 1. The summed E-state index contributed by atoms with van der Waals surface area (Å²) in [4.78, 5) is 12.0. The molecule has 0 aliphatic rings. The highest BCUT2D eigenvalue weighted by molar-refractivity contribution is 5.76.